The minimum Gasteiger partial charge on any atom is -0.345 e. The zero-order chi connectivity index (χ0) is 27.8. The lowest BCUT2D eigenvalue weighted by molar-refractivity contribution is 0.323. The molecule has 1 nitrogen and oxygen atoms in total. The molecule has 0 radical (unpaired) electrons. The van der Waals surface area contributed by atoms with E-state index in [1.54, 1.807) is 5.56 Å². The topological polar surface area (TPSA) is 3.24 Å². The van der Waals surface area contributed by atoms with Gasteiger partial charge in [0.2, 0.25) is 0 Å². The van der Waals surface area contributed by atoms with Crippen LogP contribution in [0.3, 0.4) is 0 Å². The molecule has 1 heteroatoms. The Morgan fingerprint density at radius 2 is 1.69 bits per heavy atom. The number of allylic oxidation sites excluding steroid dienone is 3. The van der Waals surface area contributed by atoms with Crippen molar-refractivity contribution in [3.63, 3.8) is 0 Å². The quantitative estimate of drug-likeness (QED) is 0.265. The third kappa shape index (κ3) is 8.23. The highest BCUT2D eigenvalue weighted by Crippen LogP contribution is 2.39. The van der Waals surface area contributed by atoms with E-state index in [9.17, 15) is 0 Å². The summed E-state index contributed by atoms with van der Waals surface area (Å²) >= 11 is 0. The fourth-order valence-electron chi connectivity index (χ4n) is 6.95. The average Bonchev–Trinajstić information content (AvgIpc) is 2.95. The molecule has 4 rings (SSSR count). The summed E-state index contributed by atoms with van der Waals surface area (Å²) in [4.78, 5) is 2.61. The molecular formula is C38H53N. The fourth-order valence-corrected chi connectivity index (χ4v) is 6.95. The lowest BCUT2D eigenvalue weighted by Gasteiger charge is -2.38. The molecule has 0 N–H and O–H groups in total. The zero-order valence-corrected chi connectivity index (χ0v) is 25.4. The second-order valence-electron chi connectivity index (χ2n) is 12.9. The molecule has 0 bridgehead atoms. The minimum absolute atomic E-state index is 0.625. The Labute approximate surface area is 240 Å². The molecule has 0 spiro atoms. The Morgan fingerprint density at radius 1 is 0.949 bits per heavy atom. The first-order chi connectivity index (χ1) is 18.8. The smallest absolute Gasteiger partial charge is 0.0414 e. The standard InChI is InChI=1S/C38H53N/c1-7-34-22-23-37(25-30(34)5)36-20-18-33(19-21-36)27-39(31(6)35-13-9-8-10-14-35)38-15-11-12-32(26-38)17-16-29(4)24-28(2)3/h11-12,15-17,22-23,25-26,28,33,35-36H,4,6-10,13-14,18-21,24,27H2,1-3,5H3/b17-16+. The summed E-state index contributed by atoms with van der Waals surface area (Å²) in [6, 6.07) is 16.4. The summed E-state index contributed by atoms with van der Waals surface area (Å²) in [5, 5.41) is 0. The van der Waals surface area contributed by atoms with Crippen molar-refractivity contribution in [2.75, 3.05) is 11.4 Å². The first kappa shape index (κ1) is 29.4. The summed E-state index contributed by atoms with van der Waals surface area (Å²) < 4.78 is 0. The maximum atomic E-state index is 4.74. The van der Waals surface area contributed by atoms with E-state index >= 15 is 0 Å². The molecule has 2 aliphatic carbocycles. The van der Waals surface area contributed by atoms with Gasteiger partial charge < -0.3 is 4.90 Å². The van der Waals surface area contributed by atoms with Gasteiger partial charge >= 0.3 is 0 Å². The molecule has 2 saturated carbocycles. The predicted octanol–water partition coefficient (Wildman–Crippen LogP) is 11.0. The van der Waals surface area contributed by atoms with Crippen LogP contribution in [0.15, 0.2) is 73.0 Å². The third-order valence-electron chi connectivity index (χ3n) is 9.29. The van der Waals surface area contributed by atoms with Gasteiger partial charge in [0.15, 0.2) is 0 Å². The van der Waals surface area contributed by atoms with Crippen molar-refractivity contribution < 1.29 is 0 Å². The maximum Gasteiger partial charge on any atom is 0.0414 e. The van der Waals surface area contributed by atoms with Gasteiger partial charge in [-0.25, -0.2) is 0 Å². The number of anilines is 1. The molecule has 0 atom stereocenters. The molecule has 0 heterocycles. The molecule has 0 aromatic heterocycles. The number of hydrogen-bond donors (Lipinski definition) is 0. The van der Waals surface area contributed by atoms with Crippen molar-refractivity contribution in [2.24, 2.45) is 17.8 Å². The number of hydrogen-bond acceptors (Lipinski definition) is 1. The summed E-state index contributed by atoms with van der Waals surface area (Å²) in [7, 11) is 0. The molecule has 0 unspecified atom stereocenters. The molecule has 2 aromatic carbocycles. The second kappa shape index (κ2) is 14.2. The average molecular weight is 524 g/mol. The summed E-state index contributed by atoms with van der Waals surface area (Å²) in [6.07, 6.45) is 18.5. The molecule has 0 aliphatic heterocycles. The van der Waals surface area contributed by atoms with Gasteiger partial charge in [-0.1, -0.05) is 101 Å². The van der Waals surface area contributed by atoms with Crippen LogP contribution in [0.4, 0.5) is 5.69 Å². The highest BCUT2D eigenvalue weighted by molar-refractivity contribution is 5.62. The van der Waals surface area contributed by atoms with Crippen LogP contribution in [0.25, 0.3) is 6.08 Å². The van der Waals surface area contributed by atoms with E-state index in [4.69, 9.17) is 6.58 Å². The van der Waals surface area contributed by atoms with Crippen molar-refractivity contribution in [3.05, 3.63) is 95.2 Å². The van der Waals surface area contributed by atoms with Crippen LogP contribution in [-0.4, -0.2) is 6.54 Å². The largest absolute Gasteiger partial charge is 0.345 e. The molecule has 2 fully saturated rings. The lowest BCUT2D eigenvalue weighted by Crippen LogP contribution is -2.33. The number of aryl methyl sites for hydroxylation is 2. The van der Waals surface area contributed by atoms with Crippen LogP contribution in [0, 0.1) is 24.7 Å². The van der Waals surface area contributed by atoms with E-state index in [0.29, 0.717) is 17.8 Å². The molecule has 2 aromatic rings. The molecule has 0 saturated heterocycles. The van der Waals surface area contributed by atoms with Crippen LogP contribution >= 0.6 is 0 Å². The van der Waals surface area contributed by atoms with Gasteiger partial charge in [0, 0.05) is 17.9 Å². The third-order valence-corrected chi connectivity index (χ3v) is 9.29. The van der Waals surface area contributed by atoms with Crippen LogP contribution < -0.4 is 4.90 Å². The Bertz CT molecular complexity index is 1120. The van der Waals surface area contributed by atoms with E-state index < -0.39 is 0 Å². The minimum atomic E-state index is 0.625. The van der Waals surface area contributed by atoms with Crippen LogP contribution in [0.2, 0.25) is 0 Å². The monoisotopic (exact) mass is 523 g/mol. The Hall–Kier alpha value is -2.54. The lowest BCUT2D eigenvalue weighted by atomic mass is 9.77. The summed E-state index contributed by atoms with van der Waals surface area (Å²) in [6.45, 7) is 19.2. The van der Waals surface area contributed by atoms with Gasteiger partial charge in [0.25, 0.3) is 0 Å². The van der Waals surface area contributed by atoms with E-state index in [0.717, 1.165) is 25.3 Å². The first-order valence-electron chi connectivity index (χ1n) is 15.9. The van der Waals surface area contributed by atoms with Crippen LogP contribution in [0.1, 0.15) is 113 Å². The van der Waals surface area contributed by atoms with Gasteiger partial charge in [-0.3, -0.25) is 0 Å². The fraction of sp³-hybridized carbons (Fsp3) is 0.526. The van der Waals surface area contributed by atoms with Crippen molar-refractivity contribution in [1.82, 2.24) is 0 Å². The van der Waals surface area contributed by atoms with E-state index in [2.05, 4.69) is 93.8 Å². The number of benzene rings is 2. The molecule has 2 aliphatic rings. The van der Waals surface area contributed by atoms with Gasteiger partial charge in [-0.05, 0) is 116 Å². The van der Waals surface area contributed by atoms with Crippen molar-refractivity contribution >= 4 is 11.8 Å². The van der Waals surface area contributed by atoms with E-state index in [1.165, 1.54) is 91.4 Å². The van der Waals surface area contributed by atoms with E-state index in [-0.39, 0.29) is 0 Å². The number of nitrogens with zero attached hydrogens (tertiary/aromatic N) is 1. The normalized spacial score (nSPS) is 20.4. The van der Waals surface area contributed by atoms with Gasteiger partial charge in [-0.15, -0.1) is 0 Å². The molecule has 39 heavy (non-hydrogen) atoms. The van der Waals surface area contributed by atoms with Crippen LogP contribution in [0.5, 0.6) is 0 Å². The van der Waals surface area contributed by atoms with Crippen molar-refractivity contribution in [2.45, 2.75) is 104 Å². The highest BCUT2D eigenvalue weighted by atomic mass is 15.1. The Kier molecular flexibility index (Phi) is 10.7. The zero-order valence-electron chi connectivity index (χ0n) is 25.4. The van der Waals surface area contributed by atoms with Crippen molar-refractivity contribution in [1.29, 1.82) is 0 Å². The van der Waals surface area contributed by atoms with Crippen molar-refractivity contribution in [3.8, 4) is 0 Å². The summed E-state index contributed by atoms with van der Waals surface area (Å²) in [5.41, 5.74) is 9.65. The molecule has 0 amide bonds. The van der Waals surface area contributed by atoms with Crippen LogP contribution in [-0.2, 0) is 6.42 Å². The predicted molar refractivity (Wildman–Crippen MR) is 172 cm³/mol. The second-order valence-corrected chi connectivity index (χ2v) is 12.9. The number of rotatable bonds is 11. The maximum absolute atomic E-state index is 4.74. The van der Waals surface area contributed by atoms with Gasteiger partial charge in [-0.2, -0.15) is 0 Å². The summed E-state index contributed by atoms with van der Waals surface area (Å²) in [5.74, 6) is 2.70. The Morgan fingerprint density at radius 3 is 2.36 bits per heavy atom. The van der Waals surface area contributed by atoms with Gasteiger partial charge in [0.05, 0.1) is 0 Å². The molecular weight excluding hydrogens is 470 g/mol. The highest BCUT2D eigenvalue weighted by Gasteiger charge is 2.28. The Balaban J connectivity index is 1.47. The van der Waals surface area contributed by atoms with E-state index in [1.807, 2.05) is 0 Å². The molecule has 210 valence electrons. The SMILES string of the molecule is C=C(/C=C/c1cccc(N(CC2CCC(c3ccc(CC)c(C)c3)CC2)C(=C)C2CCCCC2)c1)CC(C)C. The van der Waals surface area contributed by atoms with Gasteiger partial charge in [0.1, 0.15) is 0 Å². The first-order valence-corrected chi connectivity index (χ1v) is 15.9.